The van der Waals surface area contributed by atoms with Crippen molar-refractivity contribution in [3.05, 3.63) is 52.8 Å². The SMILES string of the molecule is COc1cc2c(cc1OC)C(=O)C(Cc1ccncc1C(=O)N(C(C)C)C(C)C)C2. The lowest BCUT2D eigenvalue weighted by Crippen LogP contribution is -2.42. The molecular weight excluding hydrogens is 380 g/mol. The van der Waals surface area contributed by atoms with Crippen molar-refractivity contribution in [1.29, 1.82) is 0 Å². The monoisotopic (exact) mass is 410 g/mol. The summed E-state index contributed by atoms with van der Waals surface area (Å²) < 4.78 is 10.7. The second kappa shape index (κ2) is 8.86. The molecule has 0 fully saturated rings. The maximum Gasteiger partial charge on any atom is 0.256 e. The molecule has 1 aliphatic carbocycles. The molecule has 30 heavy (non-hydrogen) atoms. The fraction of sp³-hybridized carbons (Fsp3) is 0.458. The predicted octanol–water partition coefficient (Wildman–Crippen LogP) is 3.96. The average Bonchev–Trinajstić information content (AvgIpc) is 3.01. The zero-order valence-corrected chi connectivity index (χ0v) is 18.6. The van der Waals surface area contributed by atoms with E-state index in [0.29, 0.717) is 35.5 Å². The number of Topliss-reactive ketones (excluding diaryl/α,β-unsaturated/α-hetero) is 1. The van der Waals surface area contributed by atoms with Gasteiger partial charge in [0.15, 0.2) is 17.3 Å². The van der Waals surface area contributed by atoms with Gasteiger partial charge < -0.3 is 14.4 Å². The van der Waals surface area contributed by atoms with E-state index in [2.05, 4.69) is 4.98 Å². The number of methoxy groups -OCH3 is 2. The Kier molecular flexibility index (Phi) is 6.44. The van der Waals surface area contributed by atoms with E-state index in [-0.39, 0.29) is 29.7 Å². The van der Waals surface area contributed by atoms with Gasteiger partial charge in [-0.25, -0.2) is 0 Å². The van der Waals surface area contributed by atoms with Crippen LogP contribution in [0.4, 0.5) is 0 Å². The molecule has 0 spiro atoms. The van der Waals surface area contributed by atoms with Gasteiger partial charge in [0.1, 0.15) is 0 Å². The number of ketones is 1. The first-order chi connectivity index (χ1) is 14.3. The summed E-state index contributed by atoms with van der Waals surface area (Å²) in [4.78, 5) is 32.4. The molecule has 1 unspecified atom stereocenters. The van der Waals surface area contributed by atoms with E-state index < -0.39 is 0 Å². The van der Waals surface area contributed by atoms with Crippen molar-refractivity contribution >= 4 is 11.7 Å². The minimum atomic E-state index is -0.225. The van der Waals surface area contributed by atoms with Crippen LogP contribution in [-0.4, -0.2) is 47.9 Å². The van der Waals surface area contributed by atoms with Gasteiger partial charge in [0.25, 0.3) is 5.91 Å². The fourth-order valence-electron chi connectivity index (χ4n) is 4.33. The molecule has 2 aromatic rings. The first kappa shape index (κ1) is 21.8. The summed E-state index contributed by atoms with van der Waals surface area (Å²) >= 11 is 0. The van der Waals surface area contributed by atoms with Crippen LogP contribution >= 0.6 is 0 Å². The minimum Gasteiger partial charge on any atom is -0.493 e. The summed E-state index contributed by atoms with van der Waals surface area (Å²) in [6, 6.07) is 5.63. The van der Waals surface area contributed by atoms with Crippen LogP contribution in [-0.2, 0) is 12.8 Å². The standard InChI is InChI=1S/C24H30N2O4/c1-14(2)26(15(3)4)24(28)20-13-25-8-7-16(20)9-18-10-17-11-21(29-5)22(30-6)12-19(17)23(18)27/h7-8,11-15,18H,9-10H2,1-6H3. The zero-order valence-electron chi connectivity index (χ0n) is 18.6. The summed E-state index contributed by atoms with van der Waals surface area (Å²) in [7, 11) is 3.15. The van der Waals surface area contributed by atoms with Crippen LogP contribution in [0.25, 0.3) is 0 Å². The number of carbonyl (C=O) groups excluding carboxylic acids is 2. The molecule has 0 radical (unpaired) electrons. The number of hydrogen-bond acceptors (Lipinski definition) is 5. The first-order valence-electron chi connectivity index (χ1n) is 10.3. The molecule has 0 saturated heterocycles. The lowest BCUT2D eigenvalue weighted by molar-refractivity contribution is 0.0641. The van der Waals surface area contributed by atoms with Crippen LogP contribution in [0.3, 0.4) is 0 Å². The van der Waals surface area contributed by atoms with Crippen LogP contribution in [0.2, 0.25) is 0 Å². The summed E-state index contributed by atoms with van der Waals surface area (Å²) in [5, 5.41) is 0. The molecule has 1 aliphatic rings. The van der Waals surface area contributed by atoms with Crippen molar-refractivity contribution < 1.29 is 19.1 Å². The minimum absolute atomic E-state index is 0.0469. The van der Waals surface area contributed by atoms with E-state index in [1.807, 2.05) is 44.7 Å². The Morgan fingerprint density at radius 3 is 2.37 bits per heavy atom. The molecule has 3 rings (SSSR count). The molecule has 0 aliphatic heterocycles. The number of pyridine rings is 1. The summed E-state index contributed by atoms with van der Waals surface area (Å²) in [5.41, 5.74) is 3.05. The smallest absolute Gasteiger partial charge is 0.256 e. The molecule has 1 amide bonds. The van der Waals surface area contributed by atoms with Gasteiger partial charge in [-0.05, 0) is 69.9 Å². The molecule has 1 aromatic heterocycles. The van der Waals surface area contributed by atoms with Crippen molar-refractivity contribution in [1.82, 2.24) is 9.88 Å². The number of amides is 1. The van der Waals surface area contributed by atoms with Gasteiger partial charge in [0.05, 0.1) is 19.8 Å². The lowest BCUT2D eigenvalue weighted by atomic mass is 9.93. The molecule has 1 heterocycles. The second-order valence-corrected chi connectivity index (χ2v) is 8.27. The molecular formula is C24H30N2O4. The Hall–Kier alpha value is -2.89. The number of fused-ring (bicyclic) bond motifs is 1. The van der Waals surface area contributed by atoms with Gasteiger partial charge in [-0.15, -0.1) is 0 Å². The Balaban J connectivity index is 1.89. The normalized spacial score (nSPS) is 15.5. The summed E-state index contributed by atoms with van der Waals surface area (Å²) in [5.74, 6) is 0.973. The average molecular weight is 411 g/mol. The van der Waals surface area contributed by atoms with E-state index in [1.165, 1.54) is 0 Å². The Bertz CT molecular complexity index is 944. The van der Waals surface area contributed by atoms with Gasteiger partial charge in [0, 0.05) is 36.0 Å². The zero-order chi connectivity index (χ0) is 22.0. The predicted molar refractivity (Wildman–Crippen MR) is 115 cm³/mol. The second-order valence-electron chi connectivity index (χ2n) is 8.27. The van der Waals surface area contributed by atoms with E-state index in [1.54, 1.807) is 32.7 Å². The van der Waals surface area contributed by atoms with E-state index in [4.69, 9.17) is 9.47 Å². The summed E-state index contributed by atoms with van der Waals surface area (Å²) in [6.45, 7) is 8.02. The number of aromatic nitrogens is 1. The largest absolute Gasteiger partial charge is 0.493 e. The highest BCUT2D eigenvalue weighted by atomic mass is 16.5. The lowest BCUT2D eigenvalue weighted by Gasteiger charge is -2.31. The maximum absolute atomic E-state index is 13.3. The molecule has 160 valence electrons. The highest BCUT2D eigenvalue weighted by Crippen LogP contribution is 2.38. The van der Waals surface area contributed by atoms with Gasteiger partial charge in [-0.2, -0.15) is 0 Å². The van der Waals surface area contributed by atoms with Crippen molar-refractivity contribution in [3.63, 3.8) is 0 Å². The van der Waals surface area contributed by atoms with Crippen LogP contribution in [0.5, 0.6) is 11.5 Å². The van der Waals surface area contributed by atoms with Crippen LogP contribution < -0.4 is 9.47 Å². The van der Waals surface area contributed by atoms with Crippen molar-refractivity contribution in [2.24, 2.45) is 5.92 Å². The maximum atomic E-state index is 13.3. The molecule has 6 heteroatoms. The van der Waals surface area contributed by atoms with Gasteiger partial charge >= 0.3 is 0 Å². The highest BCUT2D eigenvalue weighted by Gasteiger charge is 2.33. The molecule has 0 N–H and O–H groups in total. The molecule has 0 bridgehead atoms. The quantitative estimate of drug-likeness (QED) is 0.691. The van der Waals surface area contributed by atoms with Crippen molar-refractivity contribution in [3.8, 4) is 11.5 Å². The number of hydrogen-bond donors (Lipinski definition) is 0. The van der Waals surface area contributed by atoms with Gasteiger partial charge in [-0.1, -0.05) is 0 Å². The van der Waals surface area contributed by atoms with E-state index in [9.17, 15) is 9.59 Å². The third kappa shape index (κ3) is 4.04. The topological polar surface area (TPSA) is 68.7 Å². The molecule has 1 atom stereocenters. The summed E-state index contributed by atoms with van der Waals surface area (Å²) in [6.07, 6.45) is 4.40. The van der Waals surface area contributed by atoms with E-state index in [0.717, 1.165) is 11.1 Å². The third-order valence-electron chi connectivity index (χ3n) is 5.67. The molecule has 0 saturated carbocycles. The van der Waals surface area contributed by atoms with E-state index >= 15 is 0 Å². The van der Waals surface area contributed by atoms with Gasteiger partial charge in [0.2, 0.25) is 0 Å². The van der Waals surface area contributed by atoms with Crippen LogP contribution in [0.1, 0.15) is 59.5 Å². The van der Waals surface area contributed by atoms with Crippen LogP contribution in [0.15, 0.2) is 30.6 Å². The first-order valence-corrected chi connectivity index (χ1v) is 10.3. The number of ether oxygens (including phenoxy) is 2. The number of benzene rings is 1. The van der Waals surface area contributed by atoms with Crippen molar-refractivity contribution in [2.75, 3.05) is 14.2 Å². The van der Waals surface area contributed by atoms with Gasteiger partial charge in [-0.3, -0.25) is 14.6 Å². The third-order valence-corrected chi connectivity index (χ3v) is 5.67. The van der Waals surface area contributed by atoms with Crippen molar-refractivity contribution in [2.45, 2.75) is 52.6 Å². The molecule has 6 nitrogen and oxygen atoms in total. The fourth-order valence-corrected chi connectivity index (χ4v) is 4.33. The Labute approximate surface area is 178 Å². The number of nitrogens with zero attached hydrogens (tertiary/aromatic N) is 2. The van der Waals surface area contributed by atoms with Crippen LogP contribution in [0, 0.1) is 5.92 Å². The highest BCUT2D eigenvalue weighted by molar-refractivity contribution is 6.03. The Morgan fingerprint density at radius 2 is 1.77 bits per heavy atom. The Morgan fingerprint density at radius 1 is 1.13 bits per heavy atom. The number of rotatable bonds is 7. The number of carbonyl (C=O) groups is 2. The molecule has 1 aromatic carbocycles.